The molecule has 3 aromatic rings. The van der Waals surface area contributed by atoms with Crippen molar-refractivity contribution in [3.63, 3.8) is 0 Å². The van der Waals surface area contributed by atoms with Crippen molar-refractivity contribution < 1.29 is 22.9 Å². The number of fused-ring (bicyclic) bond motifs is 1. The van der Waals surface area contributed by atoms with Gasteiger partial charge in [-0.15, -0.1) is 4.83 Å². The number of hydrogen-bond acceptors (Lipinski definition) is 8. The zero-order valence-electron chi connectivity index (χ0n) is 17.2. The van der Waals surface area contributed by atoms with Crippen LogP contribution >= 0.6 is 0 Å². The van der Waals surface area contributed by atoms with Crippen molar-refractivity contribution in [3.05, 3.63) is 68.6 Å². The Hall–Kier alpha value is -3.84. The van der Waals surface area contributed by atoms with Gasteiger partial charge in [0.1, 0.15) is 10.6 Å². The Bertz CT molecular complexity index is 1380. The van der Waals surface area contributed by atoms with E-state index in [2.05, 4.69) is 5.10 Å². The lowest BCUT2D eigenvalue weighted by atomic mass is 10.1. The first-order valence-electron chi connectivity index (χ1n) is 9.23. The second-order valence-electron chi connectivity index (χ2n) is 6.89. The van der Waals surface area contributed by atoms with Gasteiger partial charge >= 0.3 is 0 Å². The van der Waals surface area contributed by atoms with Gasteiger partial charge in [-0.3, -0.25) is 25.1 Å². The van der Waals surface area contributed by atoms with Crippen LogP contribution in [0.25, 0.3) is 10.8 Å². The minimum atomic E-state index is -4.46. The fraction of sp³-hybridized carbons (Fsp3) is 0.211. The average Bonchev–Trinajstić information content (AvgIpc) is 2.77. The summed E-state index contributed by atoms with van der Waals surface area (Å²) < 4.78 is 31.5. The van der Waals surface area contributed by atoms with E-state index >= 15 is 0 Å². The number of ether oxygens (including phenoxy) is 1. The number of carbonyl (C=O) groups is 1. The highest BCUT2D eigenvalue weighted by atomic mass is 32.2. The molecular formula is C19H19N5O7S. The van der Waals surface area contributed by atoms with Crippen molar-refractivity contribution in [3.8, 4) is 5.75 Å². The smallest absolute Gasteiger partial charge is 0.287 e. The van der Waals surface area contributed by atoms with Gasteiger partial charge < -0.3 is 4.74 Å². The first-order chi connectivity index (χ1) is 15.1. The second-order valence-corrected chi connectivity index (χ2v) is 8.54. The molecule has 0 bridgehead atoms. The number of sulfonamides is 1. The van der Waals surface area contributed by atoms with Gasteiger partial charge in [-0.05, 0) is 26.0 Å². The molecule has 1 amide bonds. The summed E-state index contributed by atoms with van der Waals surface area (Å²) >= 11 is 0. The van der Waals surface area contributed by atoms with Crippen molar-refractivity contribution in [2.45, 2.75) is 24.8 Å². The molecule has 0 unspecified atom stereocenters. The van der Waals surface area contributed by atoms with Crippen molar-refractivity contribution in [2.24, 2.45) is 0 Å². The third-order valence-corrected chi connectivity index (χ3v) is 5.75. The molecule has 1 aromatic heterocycles. The number of amides is 1. The Morgan fingerprint density at radius 2 is 1.84 bits per heavy atom. The third-order valence-electron chi connectivity index (χ3n) is 4.48. The third kappa shape index (κ3) is 4.29. The van der Waals surface area contributed by atoms with Crippen molar-refractivity contribution >= 4 is 32.4 Å². The number of rotatable bonds is 7. The molecule has 0 aliphatic heterocycles. The number of nitro benzene ring substituents is 1. The lowest BCUT2D eigenvalue weighted by Gasteiger charge is -2.14. The molecule has 0 atom stereocenters. The molecule has 2 N–H and O–H groups in total. The predicted molar refractivity (Wildman–Crippen MR) is 114 cm³/mol. The summed E-state index contributed by atoms with van der Waals surface area (Å²) in [7, 11) is -3.26. The molecular weight excluding hydrogens is 442 g/mol. The molecule has 2 aromatic carbocycles. The Morgan fingerprint density at radius 1 is 1.19 bits per heavy atom. The highest BCUT2D eigenvalue weighted by Crippen LogP contribution is 2.27. The minimum absolute atomic E-state index is 0.158. The van der Waals surface area contributed by atoms with Crippen LogP contribution in [0.3, 0.4) is 0 Å². The molecule has 0 aliphatic rings. The van der Waals surface area contributed by atoms with Gasteiger partial charge in [-0.1, -0.05) is 18.2 Å². The van der Waals surface area contributed by atoms with E-state index in [-0.39, 0.29) is 28.3 Å². The molecule has 0 saturated heterocycles. The van der Waals surface area contributed by atoms with Gasteiger partial charge in [0, 0.05) is 17.5 Å². The predicted octanol–water partition coefficient (Wildman–Crippen LogP) is 1.52. The summed E-state index contributed by atoms with van der Waals surface area (Å²) in [6, 6.07) is 8.95. The number of benzene rings is 2. The molecule has 12 nitrogen and oxygen atoms in total. The Morgan fingerprint density at radius 3 is 2.44 bits per heavy atom. The molecule has 13 heteroatoms. The van der Waals surface area contributed by atoms with E-state index < -0.39 is 37.0 Å². The first-order valence-corrected chi connectivity index (χ1v) is 10.7. The second kappa shape index (κ2) is 8.72. The van der Waals surface area contributed by atoms with E-state index in [1.54, 1.807) is 26.0 Å². The molecule has 0 fully saturated rings. The summed E-state index contributed by atoms with van der Waals surface area (Å²) in [4.78, 5) is 37.0. The zero-order chi connectivity index (χ0) is 23.6. The van der Waals surface area contributed by atoms with Gasteiger partial charge in [0.05, 0.1) is 23.5 Å². The molecule has 168 valence electrons. The molecule has 0 saturated carbocycles. The van der Waals surface area contributed by atoms with Crippen molar-refractivity contribution in [2.75, 3.05) is 7.11 Å². The number of non-ortho nitro benzene ring substituents is 1. The molecule has 32 heavy (non-hydrogen) atoms. The Balaban J connectivity index is 1.98. The first kappa shape index (κ1) is 22.8. The monoisotopic (exact) mass is 461 g/mol. The Labute approximate surface area is 182 Å². The number of aromatic nitrogens is 2. The van der Waals surface area contributed by atoms with E-state index in [4.69, 9.17) is 4.74 Å². The van der Waals surface area contributed by atoms with E-state index in [0.29, 0.717) is 0 Å². The van der Waals surface area contributed by atoms with Gasteiger partial charge in [0.15, 0.2) is 5.69 Å². The van der Waals surface area contributed by atoms with Crippen LogP contribution in [-0.2, 0) is 10.0 Å². The Kier molecular flexibility index (Phi) is 6.23. The normalized spacial score (nSPS) is 11.5. The summed E-state index contributed by atoms with van der Waals surface area (Å²) in [6.45, 7) is 3.42. The highest BCUT2D eigenvalue weighted by Gasteiger charge is 2.25. The molecule has 0 aliphatic carbocycles. The van der Waals surface area contributed by atoms with Gasteiger partial charge in [0.2, 0.25) is 0 Å². The van der Waals surface area contributed by atoms with E-state index in [1.165, 1.54) is 19.2 Å². The molecule has 3 rings (SSSR count). The molecule has 0 spiro atoms. The maximum atomic E-state index is 12.8. The van der Waals surface area contributed by atoms with Crippen LogP contribution < -0.4 is 20.6 Å². The molecule has 0 radical (unpaired) electrons. The fourth-order valence-corrected chi connectivity index (χ4v) is 3.97. The lowest BCUT2D eigenvalue weighted by Crippen LogP contribution is -2.43. The number of nitrogens with zero attached hydrogens (tertiary/aromatic N) is 3. The van der Waals surface area contributed by atoms with Crippen LogP contribution in [0.4, 0.5) is 5.69 Å². The average molecular weight is 461 g/mol. The number of nitro groups is 1. The van der Waals surface area contributed by atoms with E-state index in [9.17, 15) is 28.1 Å². The van der Waals surface area contributed by atoms with Crippen LogP contribution in [0, 0.1) is 10.1 Å². The minimum Gasteiger partial charge on any atom is -0.495 e. The van der Waals surface area contributed by atoms with Crippen molar-refractivity contribution in [1.29, 1.82) is 0 Å². The number of hydrogen-bond donors (Lipinski definition) is 2. The molecule has 1 heterocycles. The van der Waals surface area contributed by atoms with Gasteiger partial charge in [-0.2, -0.15) is 5.10 Å². The van der Waals surface area contributed by atoms with Crippen LogP contribution in [0.5, 0.6) is 5.75 Å². The van der Waals surface area contributed by atoms with Crippen LogP contribution in [-0.4, -0.2) is 36.1 Å². The van der Waals surface area contributed by atoms with Crippen molar-refractivity contribution in [1.82, 2.24) is 20.0 Å². The number of nitrogens with one attached hydrogen (secondary N) is 2. The number of hydrazine groups is 1. The summed E-state index contributed by atoms with van der Waals surface area (Å²) in [5.41, 5.74) is 0.985. The van der Waals surface area contributed by atoms with Crippen LogP contribution in [0.1, 0.15) is 30.4 Å². The quantitative estimate of drug-likeness (QED) is 0.395. The van der Waals surface area contributed by atoms with Crippen LogP contribution in [0.2, 0.25) is 0 Å². The standard InChI is InChI=1S/C19H19N5O7S/c1-11(2)23-19(26)14-7-5-4-6-13(14)17(21-23)18(25)20-22-32(29,30)16-10-12(24(27)28)8-9-15(16)31-3/h4-11,22H,1-3H3,(H,20,25). The largest absolute Gasteiger partial charge is 0.495 e. The maximum absolute atomic E-state index is 12.8. The van der Waals surface area contributed by atoms with E-state index in [0.717, 1.165) is 22.9 Å². The highest BCUT2D eigenvalue weighted by molar-refractivity contribution is 7.89. The summed E-state index contributed by atoms with van der Waals surface area (Å²) in [5, 5.41) is 15.6. The topological polar surface area (TPSA) is 163 Å². The van der Waals surface area contributed by atoms with E-state index in [1.807, 2.05) is 10.3 Å². The maximum Gasteiger partial charge on any atom is 0.287 e. The zero-order valence-corrected chi connectivity index (χ0v) is 18.0. The van der Waals surface area contributed by atoms with Crippen LogP contribution in [0.15, 0.2) is 52.2 Å². The number of carbonyl (C=O) groups excluding carboxylic acids is 1. The lowest BCUT2D eigenvalue weighted by molar-refractivity contribution is -0.385. The summed E-state index contributed by atoms with van der Waals surface area (Å²) in [6.07, 6.45) is 0. The van der Waals surface area contributed by atoms with Gasteiger partial charge in [-0.25, -0.2) is 13.1 Å². The SMILES string of the molecule is COc1ccc([N+](=O)[O-])cc1S(=O)(=O)NNC(=O)c1nn(C(C)C)c(=O)c2ccccc12. The summed E-state index contributed by atoms with van der Waals surface area (Å²) in [5.74, 6) is -1.09. The number of methoxy groups -OCH3 is 1. The fourth-order valence-electron chi connectivity index (χ4n) is 2.94. The van der Waals surface area contributed by atoms with Gasteiger partial charge in [0.25, 0.3) is 27.2 Å².